The van der Waals surface area contributed by atoms with E-state index in [4.69, 9.17) is 23.2 Å². The second-order valence-electron chi connectivity index (χ2n) is 4.92. The van der Waals surface area contributed by atoms with E-state index in [1.54, 1.807) is 29.5 Å². The number of thioether (sulfide) groups is 1. The van der Waals surface area contributed by atoms with Crippen molar-refractivity contribution in [3.05, 3.63) is 45.5 Å². The Hall–Kier alpha value is -1.34. The van der Waals surface area contributed by atoms with Crippen LogP contribution in [0.5, 0.6) is 0 Å². The van der Waals surface area contributed by atoms with E-state index in [-0.39, 0.29) is 11.7 Å². The van der Waals surface area contributed by atoms with Gasteiger partial charge in [-0.1, -0.05) is 41.9 Å². The number of hydrogen-bond acceptors (Lipinski definition) is 5. The van der Waals surface area contributed by atoms with Crippen LogP contribution in [0.2, 0.25) is 10.0 Å². The Labute approximate surface area is 157 Å². The SMILES string of the molecule is CCc1cc2c(SCC(=O)Nc3ccc(Cl)cc3Cl)ncnc2s1. The topological polar surface area (TPSA) is 54.9 Å². The molecular weight excluding hydrogens is 385 g/mol. The van der Waals surface area contributed by atoms with Gasteiger partial charge in [0, 0.05) is 15.3 Å². The minimum atomic E-state index is -0.151. The molecule has 0 spiro atoms. The number of carbonyl (C=O) groups is 1. The third-order valence-electron chi connectivity index (χ3n) is 3.24. The Morgan fingerprint density at radius 3 is 2.88 bits per heavy atom. The third-order valence-corrected chi connectivity index (χ3v) is 5.98. The highest BCUT2D eigenvalue weighted by Crippen LogP contribution is 2.31. The molecule has 3 aromatic rings. The largest absolute Gasteiger partial charge is 0.324 e. The monoisotopic (exact) mass is 397 g/mol. The minimum Gasteiger partial charge on any atom is -0.324 e. The van der Waals surface area contributed by atoms with Gasteiger partial charge < -0.3 is 5.32 Å². The Kier molecular flexibility index (Phi) is 5.61. The van der Waals surface area contributed by atoms with Gasteiger partial charge in [-0.2, -0.15) is 0 Å². The summed E-state index contributed by atoms with van der Waals surface area (Å²) in [5, 5.41) is 5.54. The maximum absolute atomic E-state index is 12.2. The van der Waals surface area contributed by atoms with Gasteiger partial charge in [-0.3, -0.25) is 4.79 Å². The summed E-state index contributed by atoms with van der Waals surface area (Å²) in [7, 11) is 0. The lowest BCUT2D eigenvalue weighted by Gasteiger charge is -2.07. The van der Waals surface area contributed by atoms with E-state index in [2.05, 4.69) is 28.3 Å². The number of anilines is 1. The van der Waals surface area contributed by atoms with Gasteiger partial charge in [0.15, 0.2) is 0 Å². The van der Waals surface area contributed by atoms with Crippen molar-refractivity contribution in [1.82, 2.24) is 9.97 Å². The summed E-state index contributed by atoms with van der Waals surface area (Å²) < 4.78 is 0. The van der Waals surface area contributed by atoms with Gasteiger partial charge >= 0.3 is 0 Å². The van der Waals surface area contributed by atoms with Crippen molar-refractivity contribution in [1.29, 1.82) is 0 Å². The van der Waals surface area contributed by atoms with Gasteiger partial charge in [0.1, 0.15) is 16.2 Å². The van der Waals surface area contributed by atoms with Gasteiger partial charge in [0.25, 0.3) is 0 Å². The molecule has 3 rings (SSSR count). The first-order chi connectivity index (χ1) is 11.6. The van der Waals surface area contributed by atoms with Crippen LogP contribution in [0.1, 0.15) is 11.8 Å². The van der Waals surface area contributed by atoms with Crippen LogP contribution < -0.4 is 5.32 Å². The van der Waals surface area contributed by atoms with E-state index in [0.29, 0.717) is 15.7 Å². The zero-order chi connectivity index (χ0) is 17.1. The van der Waals surface area contributed by atoms with Crippen LogP contribution >= 0.6 is 46.3 Å². The Morgan fingerprint density at radius 2 is 2.12 bits per heavy atom. The van der Waals surface area contributed by atoms with E-state index >= 15 is 0 Å². The molecule has 0 radical (unpaired) electrons. The van der Waals surface area contributed by atoms with Crippen LogP contribution in [0, 0.1) is 0 Å². The Bertz CT molecular complexity index is 898. The van der Waals surface area contributed by atoms with Gasteiger partial charge in [0.2, 0.25) is 5.91 Å². The minimum absolute atomic E-state index is 0.151. The number of aryl methyl sites for hydroxylation is 1. The number of halogens is 2. The molecule has 0 aliphatic carbocycles. The Morgan fingerprint density at radius 1 is 1.29 bits per heavy atom. The molecule has 0 aliphatic rings. The molecule has 124 valence electrons. The van der Waals surface area contributed by atoms with Crippen molar-refractivity contribution in [2.24, 2.45) is 0 Å². The zero-order valence-corrected chi connectivity index (χ0v) is 15.8. The molecule has 0 unspecified atom stereocenters. The summed E-state index contributed by atoms with van der Waals surface area (Å²) >= 11 is 15.0. The number of rotatable bonds is 5. The summed E-state index contributed by atoms with van der Waals surface area (Å²) in [5.41, 5.74) is 0.545. The predicted molar refractivity (Wildman–Crippen MR) is 103 cm³/mol. The lowest BCUT2D eigenvalue weighted by atomic mass is 10.3. The molecule has 2 heterocycles. The number of aromatic nitrogens is 2. The van der Waals surface area contributed by atoms with E-state index < -0.39 is 0 Å². The van der Waals surface area contributed by atoms with E-state index in [1.807, 2.05) is 0 Å². The highest BCUT2D eigenvalue weighted by Gasteiger charge is 2.12. The van der Waals surface area contributed by atoms with Crippen molar-refractivity contribution < 1.29 is 4.79 Å². The number of amides is 1. The number of thiophene rings is 1. The maximum Gasteiger partial charge on any atom is 0.234 e. The molecule has 1 amide bonds. The van der Waals surface area contributed by atoms with Crippen LogP contribution in [-0.4, -0.2) is 21.6 Å². The second kappa shape index (κ2) is 7.70. The van der Waals surface area contributed by atoms with E-state index in [9.17, 15) is 4.79 Å². The Balaban J connectivity index is 1.69. The van der Waals surface area contributed by atoms with Gasteiger partial charge in [-0.25, -0.2) is 9.97 Å². The normalized spacial score (nSPS) is 11.0. The highest BCUT2D eigenvalue weighted by molar-refractivity contribution is 8.00. The fourth-order valence-corrected chi connectivity index (χ4v) is 4.31. The van der Waals surface area contributed by atoms with Gasteiger partial charge in [-0.15, -0.1) is 11.3 Å². The first-order valence-corrected chi connectivity index (χ1v) is 9.73. The quantitative estimate of drug-likeness (QED) is 0.469. The van der Waals surface area contributed by atoms with Crippen LogP contribution in [-0.2, 0) is 11.2 Å². The molecule has 0 saturated carbocycles. The van der Waals surface area contributed by atoms with Crippen LogP contribution in [0.4, 0.5) is 5.69 Å². The number of nitrogens with zero attached hydrogens (tertiary/aromatic N) is 2. The first-order valence-electron chi connectivity index (χ1n) is 7.18. The summed E-state index contributed by atoms with van der Waals surface area (Å²) in [5.74, 6) is 0.0875. The molecule has 1 aromatic carbocycles. The summed E-state index contributed by atoms with van der Waals surface area (Å²) in [6.07, 6.45) is 2.50. The summed E-state index contributed by atoms with van der Waals surface area (Å²) in [6, 6.07) is 7.05. The third kappa shape index (κ3) is 4.00. The molecular formula is C16H13Cl2N3OS2. The van der Waals surface area contributed by atoms with Crippen molar-refractivity contribution in [2.75, 3.05) is 11.1 Å². The molecule has 1 N–H and O–H groups in total. The van der Waals surface area contributed by atoms with Crippen molar-refractivity contribution in [2.45, 2.75) is 18.4 Å². The molecule has 2 aromatic heterocycles. The fourth-order valence-electron chi connectivity index (χ4n) is 2.08. The lowest BCUT2D eigenvalue weighted by molar-refractivity contribution is -0.113. The standard InChI is InChI=1S/C16H13Cl2N3OS2/c1-2-10-6-11-15(19-8-20-16(11)24-10)23-7-14(22)21-13-4-3-9(17)5-12(13)18/h3-6,8H,2,7H2,1H3,(H,21,22). The molecule has 0 atom stereocenters. The van der Waals surface area contributed by atoms with E-state index in [0.717, 1.165) is 21.7 Å². The first kappa shape index (κ1) is 17.5. The lowest BCUT2D eigenvalue weighted by Crippen LogP contribution is -2.14. The fraction of sp³-hybridized carbons (Fsp3) is 0.188. The number of benzene rings is 1. The zero-order valence-electron chi connectivity index (χ0n) is 12.7. The van der Waals surface area contributed by atoms with Crippen molar-refractivity contribution in [3.63, 3.8) is 0 Å². The number of nitrogens with one attached hydrogen (secondary N) is 1. The summed E-state index contributed by atoms with van der Waals surface area (Å²) in [6.45, 7) is 2.11. The van der Waals surface area contributed by atoms with Gasteiger partial charge in [-0.05, 0) is 30.7 Å². The second-order valence-corrected chi connectivity index (χ2v) is 7.85. The highest BCUT2D eigenvalue weighted by atomic mass is 35.5. The van der Waals surface area contributed by atoms with Crippen LogP contribution in [0.15, 0.2) is 35.6 Å². The number of fused-ring (bicyclic) bond motifs is 1. The molecule has 0 aliphatic heterocycles. The van der Waals surface area contributed by atoms with E-state index in [1.165, 1.54) is 23.0 Å². The van der Waals surface area contributed by atoms with Crippen molar-refractivity contribution in [3.8, 4) is 0 Å². The maximum atomic E-state index is 12.2. The van der Waals surface area contributed by atoms with Gasteiger partial charge in [0.05, 0.1) is 16.5 Å². The predicted octanol–water partition coefficient (Wildman–Crippen LogP) is 5.29. The average Bonchev–Trinajstić information content (AvgIpc) is 2.99. The molecule has 4 nitrogen and oxygen atoms in total. The molecule has 0 saturated heterocycles. The van der Waals surface area contributed by atoms with Crippen LogP contribution in [0.25, 0.3) is 10.2 Å². The molecule has 24 heavy (non-hydrogen) atoms. The molecule has 8 heteroatoms. The smallest absolute Gasteiger partial charge is 0.234 e. The average molecular weight is 398 g/mol. The number of carbonyl (C=O) groups excluding carboxylic acids is 1. The molecule has 0 bridgehead atoms. The van der Waals surface area contributed by atoms with Crippen molar-refractivity contribution >= 4 is 68.1 Å². The summed E-state index contributed by atoms with van der Waals surface area (Å²) in [4.78, 5) is 22.9. The molecule has 0 fully saturated rings. The van der Waals surface area contributed by atoms with Crippen LogP contribution in [0.3, 0.4) is 0 Å². The number of hydrogen-bond donors (Lipinski definition) is 1.